The van der Waals surface area contributed by atoms with E-state index >= 15 is 0 Å². The van der Waals surface area contributed by atoms with E-state index in [-0.39, 0.29) is 17.4 Å². The molecular formula is C9H11BrFN. The minimum absolute atomic E-state index is 0.142. The summed E-state index contributed by atoms with van der Waals surface area (Å²) in [5.41, 5.74) is 6.29. The second-order valence-corrected chi connectivity index (χ2v) is 3.87. The van der Waals surface area contributed by atoms with E-state index < -0.39 is 0 Å². The van der Waals surface area contributed by atoms with Crippen LogP contribution in [0.2, 0.25) is 0 Å². The summed E-state index contributed by atoms with van der Waals surface area (Å²) in [5.74, 6) is -0.165. The Bertz CT molecular complexity index is 297. The smallest absolute Gasteiger partial charge is 0.150 e. The average molecular weight is 232 g/mol. The maximum atomic E-state index is 13.4. The number of halogens is 2. The lowest BCUT2D eigenvalue weighted by Crippen LogP contribution is -1.99. The van der Waals surface area contributed by atoms with Gasteiger partial charge in [-0.05, 0) is 18.1 Å². The molecule has 0 bridgehead atoms. The van der Waals surface area contributed by atoms with Crippen LogP contribution in [0.1, 0.15) is 25.3 Å². The van der Waals surface area contributed by atoms with Gasteiger partial charge in [-0.25, -0.2) is 4.39 Å². The number of rotatable bonds is 1. The van der Waals surface area contributed by atoms with E-state index in [1.807, 2.05) is 13.8 Å². The Morgan fingerprint density at radius 3 is 2.42 bits per heavy atom. The summed E-state index contributed by atoms with van der Waals surface area (Å²) < 4.78 is 14.1. The zero-order valence-corrected chi connectivity index (χ0v) is 8.65. The summed E-state index contributed by atoms with van der Waals surface area (Å²) >= 11 is 3.29. The third-order valence-corrected chi connectivity index (χ3v) is 2.43. The van der Waals surface area contributed by atoms with Gasteiger partial charge in [-0.2, -0.15) is 0 Å². The number of anilines is 1. The standard InChI is InChI=1S/C9H11BrFN/c1-5(2)8-6(10)3-4-7(12)9(8)11/h3-5H,12H2,1-2H3. The number of hydrogen-bond donors (Lipinski definition) is 1. The van der Waals surface area contributed by atoms with Crippen molar-refractivity contribution in [3.05, 3.63) is 28.0 Å². The Morgan fingerprint density at radius 1 is 1.42 bits per heavy atom. The Labute approximate surface area is 79.9 Å². The molecule has 0 fully saturated rings. The first-order valence-corrected chi connectivity index (χ1v) is 4.56. The lowest BCUT2D eigenvalue weighted by atomic mass is 10.0. The molecule has 0 spiro atoms. The van der Waals surface area contributed by atoms with Crippen LogP contribution in [0.15, 0.2) is 16.6 Å². The van der Waals surface area contributed by atoms with Gasteiger partial charge >= 0.3 is 0 Å². The van der Waals surface area contributed by atoms with Crippen molar-refractivity contribution in [1.82, 2.24) is 0 Å². The highest BCUT2D eigenvalue weighted by Gasteiger charge is 2.12. The maximum Gasteiger partial charge on any atom is 0.150 e. The molecule has 1 nitrogen and oxygen atoms in total. The molecule has 0 aromatic heterocycles. The highest BCUT2D eigenvalue weighted by molar-refractivity contribution is 9.10. The van der Waals surface area contributed by atoms with Crippen molar-refractivity contribution >= 4 is 21.6 Å². The predicted molar refractivity (Wildman–Crippen MR) is 52.6 cm³/mol. The maximum absolute atomic E-state index is 13.4. The molecule has 0 heterocycles. The molecule has 0 saturated heterocycles. The zero-order valence-electron chi connectivity index (χ0n) is 7.07. The quantitative estimate of drug-likeness (QED) is 0.738. The topological polar surface area (TPSA) is 26.0 Å². The van der Waals surface area contributed by atoms with Crippen LogP contribution < -0.4 is 5.73 Å². The lowest BCUT2D eigenvalue weighted by molar-refractivity contribution is 0.601. The van der Waals surface area contributed by atoms with Crippen LogP contribution in [-0.2, 0) is 0 Å². The molecule has 0 radical (unpaired) electrons. The highest BCUT2D eigenvalue weighted by Crippen LogP contribution is 2.30. The number of nitrogens with two attached hydrogens (primary N) is 1. The van der Waals surface area contributed by atoms with E-state index in [0.717, 1.165) is 4.47 Å². The molecule has 0 aliphatic carbocycles. The summed E-state index contributed by atoms with van der Waals surface area (Å²) in [7, 11) is 0. The monoisotopic (exact) mass is 231 g/mol. The van der Waals surface area contributed by atoms with Gasteiger partial charge < -0.3 is 5.73 Å². The number of hydrogen-bond acceptors (Lipinski definition) is 1. The fraction of sp³-hybridized carbons (Fsp3) is 0.333. The van der Waals surface area contributed by atoms with E-state index in [2.05, 4.69) is 15.9 Å². The first-order chi connectivity index (χ1) is 5.54. The van der Waals surface area contributed by atoms with Gasteiger partial charge in [0.25, 0.3) is 0 Å². The molecular weight excluding hydrogens is 221 g/mol. The predicted octanol–water partition coefficient (Wildman–Crippen LogP) is 3.29. The largest absolute Gasteiger partial charge is 0.396 e. The molecule has 12 heavy (non-hydrogen) atoms. The average Bonchev–Trinajstić information content (AvgIpc) is 1.97. The number of nitrogen functional groups attached to an aromatic ring is 1. The molecule has 1 aromatic carbocycles. The summed E-state index contributed by atoms with van der Waals surface area (Å²) in [4.78, 5) is 0. The first kappa shape index (κ1) is 9.52. The van der Waals surface area contributed by atoms with Crippen molar-refractivity contribution < 1.29 is 4.39 Å². The SMILES string of the molecule is CC(C)c1c(Br)ccc(N)c1F. The van der Waals surface area contributed by atoms with Crippen LogP contribution in [0.4, 0.5) is 10.1 Å². The van der Waals surface area contributed by atoms with Gasteiger partial charge in [0.15, 0.2) is 5.82 Å². The highest BCUT2D eigenvalue weighted by atomic mass is 79.9. The fourth-order valence-corrected chi connectivity index (χ4v) is 1.88. The molecule has 66 valence electrons. The molecule has 1 aromatic rings. The van der Waals surface area contributed by atoms with Crippen LogP contribution in [0.25, 0.3) is 0 Å². The molecule has 0 unspecified atom stereocenters. The van der Waals surface area contributed by atoms with Crippen LogP contribution >= 0.6 is 15.9 Å². The van der Waals surface area contributed by atoms with Crippen molar-refractivity contribution in [2.45, 2.75) is 19.8 Å². The van der Waals surface area contributed by atoms with Gasteiger partial charge in [0.1, 0.15) is 0 Å². The van der Waals surface area contributed by atoms with Crippen molar-refractivity contribution in [2.24, 2.45) is 0 Å². The molecule has 2 N–H and O–H groups in total. The lowest BCUT2D eigenvalue weighted by Gasteiger charge is -2.10. The minimum atomic E-state index is -0.306. The van der Waals surface area contributed by atoms with Gasteiger partial charge in [0.2, 0.25) is 0 Å². The molecule has 0 saturated carbocycles. The van der Waals surface area contributed by atoms with Gasteiger partial charge in [0, 0.05) is 10.0 Å². The van der Waals surface area contributed by atoms with E-state index in [9.17, 15) is 4.39 Å². The molecule has 0 amide bonds. The summed E-state index contributed by atoms with van der Waals surface area (Å²) in [6.07, 6.45) is 0. The molecule has 1 rings (SSSR count). The van der Waals surface area contributed by atoms with Crippen LogP contribution in [-0.4, -0.2) is 0 Å². The Hall–Kier alpha value is -0.570. The first-order valence-electron chi connectivity index (χ1n) is 3.77. The molecule has 0 aliphatic heterocycles. The molecule has 3 heteroatoms. The van der Waals surface area contributed by atoms with E-state index in [4.69, 9.17) is 5.73 Å². The Kier molecular flexibility index (Phi) is 2.73. The van der Waals surface area contributed by atoms with Gasteiger partial charge in [-0.3, -0.25) is 0 Å². The summed E-state index contributed by atoms with van der Waals surface area (Å²) in [6.45, 7) is 3.87. The Morgan fingerprint density at radius 2 is 2.00 bits per heavy atom. The van der Waals surface area contributed by atoms with E-state index in [1.165, 1.54) is 0 Å². The van der Waals surface area contributed by atoms with Crippen molar-refractivity contribution in [3.8, 4) is 0 Å². The second-order valence-electron chi connectivity index (χ2n) is 3.02. The van der Waals surface area contributed by atoms with Crippen molar-refractivity contribution in [3.63, 3.8) is 0 Å². The summed E-state index contributed by atoms with van der Waals surface area (Å²) in [6, 6.07) is 3.33. The normalized spacial score (nSPS) is 10.8. The minimum Gasteiger partial charge on any atom is -0.396 e. The molecule has 0 atom stereocenters. The van der Waals surface area contributed by atoms with Crippen LogP contribution in [0, 0.1) is 5.82 Å². The zero-order chi connectivity index (χ0) is 9.30. The fourth-order valence-electron chi connectivity index (χ4n) is 1.12. The Balaban J connectivity index is 3.33. The van der Waals surface area contributed by atoms with Crippen LogP contribution in [0.3, 0.4) is 0 Å². The van der Waals surface area contributed by atoms with Gasteiger partial charge in [-0.15, -0.1) is 0 Å². The van der Waals surface area contributed by atoms with Crippen LogP contribution in [0.5, 0.6) is 0 Å². The number of benzene rings is 1. The third kappa shape index (κ3) is 1.61. The second kappa shape index (κ2) is 3.44. The van der Waals surface area contributed by atoms with Crippen molar-refractivity contribution in [2.75, 3.05) is 5.73 Å². The van der Waals surface area contributed by atoms with E-state index in [1.54, 1.807) is 12.1 Å². The van der Waals surface area contributed by atoms with Crippen molar-refractivity contribution in [1.29, 1.82) is 0 Å². The molecule has 0 aliphatic rings. The van der Waals surface area contributed by atoms with Gasteiger partial charge in [0.05, 0.1) is 5.69 Å². The summed E-state index contributed by atoms with van der Waals surface area (Å²) in [5, 5.41) is 0. The van der Waals surface area contributed by atoms with E-state index in [0.29, 0.717) is 5.56 Å². The van der Waals surface area contributed by atoms with Gasteiger partial charge in [-0.1, -0.05) is 29.8 Å². The third-order valence-electron chi connectivity index (χ3n) is 1.73.